The van der Waals surface area contributed by atoms with Crippen LogP contribution in [0.2, 0.25) is 10.0 Å². The van der Waals surface area contributed by atoms with Gasteiger partial charge in [0.25, 0.3) is 0 Å². The quantitative estimate of drug-likeness (QED) is 0.741. The van der Waals surface area contributed by atoms with Crippen LogP contribution in [0.4, 0.5) is 0 Å². The lowest BCUT2D eigenvalue weighted by atomic mass is 10.2. The number of benzene rings is 2. The maximum absolute atomic E-state index is 6.18. The van der Waals surface area contributed by atoms with Crippen LogP contribution in [0.1, 0.15) is 5.56 Å². The van der Waals surface area contributed by atoms with Gasteiger partial charge in [-0.15, -0.1) is 5.10 Å². The minimum atomic E-state index is 0.493. The second-order valence-electron chi connectivity index (χ2n) is 4.26. The van der Waals surface area contributed by atoms with Crippen molar-refractivity contribution in [2.75, 3.05) is 0 Å². The smallest absolute Gasteiger partial charge is 0.182 e. The molecular formula is C14H10Cl2N4. The molecule has 0 aliphatic rings. The Labute approximate surface area is 126 Å². The molecule has 0 unspecified atom stereocenters. The van der Waals surface area contributed by atoms with Gasteiger partial charge in [0.15, 0.2) is 5.82 Å². The predicted octanol–water partition coefficient (Wildman–Crippen LogP) is 3.70. The second kappa shape index (κ2) is 5.61. The minimum absolute atomic E-state index is 0.493. The number of hydrogen-bond donors (Lipinski definition) is 0. The van der Waals surface area contributed by atoms with E-state index in [0.29, 0.717) is 22.4 Å². The van der Waals surface area contributed by atoms with E-state index >= 15 is 0 Å². The van der Waals surface area contributed by atoms with E-state index in [9.17, 15) is 0 Å². The van der Waals surface area contributed by atoms with E-state index in [2.05, 4.69) is 15.5 Å². The van der Waals surface area contributed by atoms with Crippen molar-refractivity contribution >= 4 is 23.2 Å². The average molecular weight is 305 g/mol. The van der Waals surface area contributed by atoms with Gasteiger partial charge in [-0.3, -0.25) is 0 Å². The Morgan fingerprint density at radius 2 is 1.80 bits per heavy atom. The number of hydrogen-bond acceptors (Lipinski definition) is 3. The topological polar surface area (TPSA) is 43.6 Å². The van der Waals surface area contributed by atoms with Crippen molar-refractivity contribution in [1.82, 2.24) is 20.2 Å². The van der Waals surface area contributed by atoms with Gasteiger partial charge < -0.3 is 0 Å². The molecule has 4 nitrogen and oxygen atoms in total. The van der Waals surface area contributed by atoms with E-state index in [1.807, 2.05) is 36.4 Å². The SMILES string of the molecule is Clc1ccc(Cn2nnnc2-c2ccccc2)c(Cl)c1. The molecule has 100 valence electrons. The largest absolute Gasteiger partial charge is 0.221 e. The molecule has 0 aliphatic heterocycles. The lowest BCUT2D eigenvalue weighted by Crippen LogP contribution is -2.05. The maximum atomic E-state index is 6.18. The van der Waals surface area contributed by atoms with E-state index in [4.69, 9.17) is 23.2 Å². The van der Waals surface area contributed by atoms with Gasteiger partial charge in [0.05, 0.1) is 6.54 Å². The third-order valence-corrected chi connectivity index (χ3v) is 3.49. The second-order valence-corrected chi connectivity index (χ2v) is 5.11. The molecule has 0 saturated carbocycles. The highest BCUT2D eigenvalue weighted by atomic mass is 35.5. The lowest BCUT2D eigenvalue weighted by molar-refractivity contribution is 0.653. The monoisotopic (exact) mass is 304 g/mol. The summed E-state index contributed by atoms with van der Waals surface area (Å²) >= 11 is 12.1. The van der Waals surface area contributed by atoms with Crippen molar-refractivity contribution in [1.29, 1.82) is 0 Å². The van der Waals surface area contributed by atoms with Gasteiger partial charge in [-0.25, -0.2) is 4.68 Å². The molecule has 0 bridgehead atoms. The van der Waals surface area contributed by atoms with Crippen molar-refractivity contribution in [2.45, 2.75) is 6.54 Å². The van der Waals surface area contributed by atoms with Crippen LogP contribution < -0.4 is 0 Å². The fraction of sp³-hybridized carbons (Fsp3) is 0.0714. The first-order chi connectivity index (χ1) is 9.74. The van der Waals surface area contributed by atoms with E-state index in [0.717, 1.165) is 11.1 Å². The van der Waals surface area contributed by atoms with Crippen LogP contribution in [0.5, 0.6) is 0 Å². The Morgan fingerprint density at radius 3 is 2.55 bits per heavy atom. The van der Waals surface area contributed by atoms with E-state index in [-0.39, 0.29) is 0 Å². The van der Waals surface area contributed by atoms with Crippen molar-refractivity contribution in [3.05, 3.63) is 64.1 Å². The third kappa shape index (κ3) is 2.66. The molecule has 3 aromatic rings. The fourth-order valence-corrected chi connectivity index (χ4v) is 2.38. The molecule has 0 aliphatic carbocycles. The summed E-state index contributed by atoms with van der Waals surface area (Å²) in [6.07, 6.45) is 0. The molecule has 0 amide bonds. The molecule has 0 atom stereocenters. The molecule has 0 radical (unpaired) electrons. The lowest BCUT2D eigenvalue weighted by Gasteiger charge is -2.07. The Hall–Kier alpha value is -1.91. The summed E-state index contributed by atoms with van der Waals surface area (Å²) in [7, 11) is 0. The number of aromatic nitrogens is 4. The van der Waals surface area contributed by atoms with Crippen molar-refractivity contribution in [2.24, 2.45) is 0 Å². The molecule has 2 aromatic carbocycles. The Balaban J connectivity index is 1.95. The molecule has 20 heavy (non-hydrogen) atoms. The zero-order valence-corrected chi connectivity index (χ0v) is 11.9. The Kier molecular flexibility index (Phi) is 3.67. The summed E-state index contributed by atoms with van der Waals surface area (Å²) in [5.41, 5.74) is 1.88. The molecule has 0 saturated heterocycles. The summed E-state index contributed by atoms with van der Waals surface area (Å²) in [5.74, 6) is 0.705. The maximum Gasteiger partial charge on any atom is 0.182 e. The molecule has 6 heteroatoms. The molecule has 1 heterocycles. The minimum Gasteiger partial charge on any atom is -0.221 e. The van der Waals surface area contributed by atoms with Crippen LogP contribution in [0.3, 0.4) is 0 Å². The number of rotatable bonds is 3. The molecule has 0 fully saturated rings. The van der Waals surface area contributed by atoms with Gasteiger partial charge in [0.1, 0.15) is 0 Å². The molecule has 0 N–H and O–H groups in total. The molecule has 3 rings (SSSR count). The predicted molar refractivity (Wildman–Crippen MR) is 78.8 cm³/mol. The highest BCUT2D eigenvalue weighted by molar-refractivity contribution is 6.35. The van der Waals surface area contributed by atoms with Crippen molar-refractivity contribution in [3.63, 3.8) is 0 Å². The molecular weight excluding hydrogens is 295 g/mol. The van der Waals surface area contributed by atoms with Crippen LogP contribution in [0.15, 0.2) is 48.5 Å². The fourth-order valence-electron chi connectivity index (χ4n) is 1.92. The van der Waals surface area contributed by atoms with Crippen LogP contribution >= 0.6 is 23.2 Å². The third-order valence-electron chi connectivity index (χ3n) is 2.90. The highest BCUT2D eigenvalue weighted by Gasteiger charge is 2.10. The molecule has 1 aromatic heterocycles. The zero-order valence-electron chi connectivity index (χ0n) is 10.4. The Bertz CT molecular complexity index is 725. The first-order valence-electron chi connectivity index (χ1n) is 5.99. The summed E-state index contributed by atoms with van der Waals surface area (Å²) in [6.45, 7) is 0.493. The van der Waals surface area contributed by atoms with Gasteiger partial charge in [-0.1, -0.05) is 59.6 Å². The van der Waals surface area contributed by atoms with E-state index < -0.39 is 0 Å². The van der Waals surface area contributed by atoms with E-state index in [1.54, 1.807) is 16.8 Å². The summed E-state index contributed by atoms with van der Waals surface area (Å²) < 4.78 is 1.71. The number of halogens is 2. The van der Waals surface area contributed by atoms with Crippen LogP contribution in [-0.2, 0) is 6.54 Å². The summed E-state index contributed by atoms with van der Waals surface area (Å²) in [5, 5.41) is 13.0. The average Bonchev–Trinajstić information content (AvgIpc) is 2.91. The van der Waals surface area contributed by atoms with Gasteiger partial charge in [0.2, 0.25) is 0 Å². The number of tetrazole rings is 1. The first kappa shape index (κ1) is 13.1. The van der Waals surface area contributed by atoms with Gasteiger partial charge in [-0.05, 0) is 28.1 Å². The Morgan fingerprint density at radius 1 is 1.00 bits per heavy atom. The van der Waals surface area contributed by atoms with Crippen LogP contribution in [-0.4, -0.2) is 20.2 Å². The number of nitrogens with zero attached hydrogens (tertiary/aromatic N) is 4. The van der Waals surface area contributed by atoms with Crippen molar-refractivity contribution in [3.8, 4) is 11.4 Å². The van der Waals surface area contributed by atoms with Gasteiger partial charge in [-0.2, -0.15) is 0 Å². The highest BCUT2D eigenvalue weighted by Crippen LogP contribution is 2.23. The zero-order chi connectivity index (χ0) is 13.9. The van der Waals surface area contributed by atoms with Crippen LogP contribution in [0, 0.1) is 0 Å². The van der Waals surface area contributed by atoms with Crippen LogP contribution in [0.25, 0.3) is 11.4 Å². The van der Waals surface area contributed by atoms with Gasteiger partial charge >= 0.3 is 0 Å². The summed E-state index contributed by atoms with van der Waals surface area (Å²) in [4.78, 5) is 0. The van der Waals surface area contributed by atoms with E-state index in [1.165, 1.54) is 0 Å². The molecule has 0 spiro atoms. The first-order valence-corrected chi connectivity index (χ1v) is 6.75. The standard InChI is InChI=1S/C14H10Cl2N4/c15-12-7-6-11(13(16)8-12)9-20-14(17-18-19-20)10-4-2-1-3-5-10/h1-8H,9H2. The normalized spacial score (nSPS) is 10.7. The van der Waals surface area contributed by atoms with Crippen molar-refractivity contribution < 1.29 is 0 Å². The van der Waals surface area contributed by atoms with Gasteiger partial charge in [0, 0.05) is 15.6 Å². The summed E-state index contributed by atoms with van der Waals surface area (Å²) in [6, 6.07) is 15.2.